The Labute approximate surface area is 113 Å². The SMILES string of the molecule is CCOC(=O)CSC(C)C(=O)NC1CCCCC1. The molecule has 0 radical (unpaired) electrons. The van der Waals surface area contributed by atoms with Crippen molar-refractivity contribution in [2.75, 3.05) is 12.4 Å². The third-order valence-corrected chi connectivity index (χ3v) is 4.19. The van der Waals surface area contributed by atoms with Gasteiger partial charge in [-0.25, -0.2) is 0 Å². The average Bonchev–Trinajstić information content (AvgIpc) is 2.37. The van der Waals surface area contributed by atoms with Crippen LogP contribution in [-0.4, -0.2) is 35.5 Å². The third kappa shape index (κ3) is 5.76. The van der Waals surface area contributed by atoms with Crippen LogP contribution in [0.25, 0.3) is 0 Å². The molecule has 1 atom stereocenters. The van der Waals surface area contributed by atoms with E-state index in [1.54, 1.807) is 6.92 Å². The van der Waals surface area contributed by atoms with Crippen LogP contribution in [-0.2, 0) is 14.3 Å². The highest BCUT2D eigenvalue weighted by Crippen LogP contribution is 2.18. The van der Waals surface area contributed by atoms with Gasteiger partial charge in [0.2, 0.25) is 5.91 Å². The highest BCUT2D eigenvalue weighted by atomic mass is 32.2. The molecule has 18 heavy (non-hydrogen) atoms. The molecular formula is C13H23NO3S. The smallest absolute Gasteiger partial charge is 0.315 e. The van der Waals surface area contributed by atoms with E-state index in [0.717, 1.165) is 12.8 Å². The number of nitrogens with one attached hydrogen (secondary N) is 1. The number of hydrogen-bond donors (Lipinski definition) is 1. The van der Waals surface area contributed by atoms with Gasteiger partial charge >= 0.3 is 5.97 Å². The molecule has 0 aromatic rings. The van der Waals surface area contributed by atoms with Crippen LogP contribution in [0.5, 0.6) is 0 Å². The summed E-state index contributed by atoms with van der Waals surface area (Å²) in [5, 5.41) is 2.86. The predicted octanol–water partition coefficient (Wildman–Crippen LogP) is 2.12. The fraction of sp³-hybridized carbons (Fsp3) is 0.846. The van der Waals surface area contributed by atoms with Gasteiger partial charge in [0.25, 0.3) is 0 Å². The monoisotopic (exact) mass is 273 g/mol. The first kappa shape index (κ1) is 15.3. The van der Waals surface area contributed by atoms with E-state index in [9.17, 15) is 9.59 Å². The standard InChI is InChI=1S/C13H23NO3S/c1-3-17-12(15)9-18-10(2)13(16)14-11-7-5-4-6-8-11/h10-11H,3-9H2,1-2H3,(H,14,16). The van der Waals surface area contributed by atoms with Gasteiger partial charge in [-0.2, -0.15) is 0 Å². The van der Waals surface area contributed by atoms with E-state index in [1.807, 2.05) is 6.92 Å². The molecule has 1 fully saturated rings. The Bertz CT molecular complexity index is 277. The quantitative estimate of drug-likeness (QED) is 0.753. The molecule has 0 spiro atoms. The Morgan fingerprint density at radius 2 is 2.00 bits per heavy atom. The lowest BCUT2D eigenvalue weighted by molar-refractivity contribution is -0.139. The van der Waals surface area contributed by atoms with Gasteiger partial charge in [-0.15, -0.1) is 11.8 Å². The van der Waals surface area contributed by atoms with Crippen LogP contribution in [0.15, 0.2) is 0 Å². The van der Waals surface area contributed by atoms with E-state index in [0.29, 0.717) is 12.6 Å². The molecule has 1 amide bonds. The van der Waals surface area contributed by atoms with Gasteiger partial charge in [0.1, 0.15) is 0 Å². The zero-order valence-electron chi connectivity index (χ0n) is 11.2. The Hall–Kier alpha value is -0.710. The molecule has 0 aromatic heterocycles. The van der Waals surface area contributed by atoms with Crippen molar-refractivity contribution in [3.05, 3.63) is 0 Å². The second-order valence-electron chi connectivity index (χ2n) is 4.60. The Morgan fingerprint density at radius 1 is 1.33 bits per heavy atom. The molecule has 5 heteroatoms. The summed E-state index contributed by atoms with van der Waals surface area (Å²) in [5.41, 5.74) is 0. The second kappa shape index (κ2) is 8.40. The molecule has 1 N–H and O–H groups in total. The fourth-order valence-corrected chi connectivity index (χ4v) is 2.73. The van der Waals surface area contributed by atoms with Crippen LogP contribution in [0.2, 0.25) is 0 Å². The lowest BCUT2D eigenvalue weighted by Crippen LogP contribution is -2.40. The third-order valence-electron chi connectivity index (χ3n) is 3.08. The van der Waals surface area contributed by atoms with E-state index in [2.05, 4.69) is 5.32 Å². The molecule has 0 bridgehead atoms. The van der Waals surface area contributed by atoms with Gasteiger partial charge in [-0.1, -0.05) is 19.3 Å². The molecular weight excluding hydrogens is 250 g/mol. The van der Waals surface area contributed by atoms with E-state index in [1.165, 1.54) is 31.0 Å². The first-order valence-corrected chi connectivity index (χ1v) is 7.76. The minimum atomic E-state index is -0.250. The van der Waals surface area contributed by atoms with Crippen LogP contribution < -0.4 is 5.32 Å². The fourth-order valence-electron chi connectivity index (χ4n) is 2.04. The average molecular weight is 273 g/mol. The number of ether oxygens (including phenoxy) is 1. The predicted molar refractivity (Wildman–Crippen MR) is 73.6 cm³/mol. The van der Waals surface area contributed by atoms with Gasteiger partial charge in [0.05, 0.1) is 17.6 Å². The number of hydrogen-bond acceptors (Lipinski definition) is 4. The highest BCUT2D eigenvalue weighted by molar-refractivity contribution is 8.01. The topological polar surface area (TPSA) is 55.4 Å². The van der Waals surface area contributed by atoms with Gasteiger partial charge in [0.15, 0.2) is 0 Å². The molecule has 1 aliphatic carbocycles. The largest absolute Gasteiger partial charge is 0.465 e. The lowest BCUT2D eigenvalue weighted by atomic mass is 9.95. The van der Waals surface area contributed by atoms with Crippen molar-refractivity contribution in [3.8, 4) is 0 Å². The maximum absolute atomic E-state index is 11.9. The van der Waals surface area contributed by atoms with Crippen molar-refractivity contribution in [3.63, 3.8) is 0 Å². The van der Waals surface area contributed by atoms with Gasteiger partial charge < -0.3 is 10.1 Å². The van der Waals surface area contributed by atoms with Crippen molar-refractivity contribution in [1.82, 2.24) is 5.32 Å². The van der Waals surface area contributed by atoms with E-state index >= 15 is 0 Å². The second-order valence-corrected chi connectivity index (χ2v) is 5.93. The van der Waals surface area contributed by atoms with Crippen molar-refractivity contribution >= 4 is 23.6 Å². The number of thioether (sulfide) groups is 1. The Balaban J connectivity index is 2.21. The molecule has 1 rings (SSSR count). The van der Waals surface area contributed by atoms with E-state index in [-0.39, 0.29) is 22.9 Å². The summed E-state index contributed by atoms with van der Waals surface area (Å²) < 4.78 is 4.83. The zero-order chi connectivity index (χ0) is 13.4. The molecule has 0 aliphatic heterocycles. The minimum absolute atomic E-state index is 0.0381. The number of esters is 1. The van der Waals surface area contributed by atoms with Gasteiger partial charge in [0, 0.05) is 6.04 Å². The maximum Gasteiger partial charge on any atom is 0.315 e. The van der Waals surface area contributed by atoms with Crippen LogP contribution in [0.4, 0.5) is 0 Å². The summed E-state index contributed by atoms with van der Waals surface area (Å²) in [6.45, 7) is 4.01. The summed E-state index contributed by atoms with van der Waals surface area (Å²) in [4.78, 5) is 23.1. The van der Waals surface area contributed by atoms with E-state index < -0.39 is 0 Å². The normalized spacial score (nSPS) is 18.1. The van der Waals surface area contributed by atoms with Crippen LogP contribution in [0.1, 0.15) is 46.0 Å². The number of carbonyl (C=O) groups is 2. The summed E-state index contributed by atoms with van der Waals surface area (Å²) in [7, 11) is 0. The molecule has 4 nitrogen and oxygen atoms in total. The zero-order valence-corrected chi connectivity index (χ0v) is 12.1. The van der Waals surface area contributed by atoms with Crippen molar-refractivity contribution in [2.45, 2.75) is 57.2 Å². The lowest BCUT2D eigenvalue weighted by Gasteiger charge is -2.24. The molecule has 1 aliphatic rings. The van der Waals surface area contributed by atoms with Crippen LogP contribution in [0.3, 0.4) is 0 Å². The highest BCUT2D eigenvalue weighted by Gasteiger charge is 2.20. The van der Waals surface area contributed by atoms with Crippen molar-refractivity contribution < 1.29 is 14.3 Å². The minimum Gasteiger partial charge on any atom is -0.465 e. The first-order chi connectivity index (χ1) is 8.63. The van der Waals surface area contributed by atoms with Crippen LogP contribution >= 0.6 is 11.8 Å². The summed E-state index contributed by atoms with van der Waals surface area (Å²) in [6.07, 6.45) is 5.85. The Morgan fingerprint density at radius 3 is 2.61 bits per heavy atom. The summed E-state index contributed by atoms with van der Waals surface area (Å²) >= 11 is 1.33. The molecule has 0 heterocycles. The van der Waals surface area contributed by atoms with Gasteiger partial charge in [-0.3, -0.25) is 9.59 Å². The molecule has 1 saturated carbocycles. The van der Waals surface area contributed by atoms with Crippen LogP contribution in [0, 0.1) is 0 Å². The molecule has 0 aromatic carbocycles. The van der Waals surface area contributed by atoms with E-state index in [4.69, 9.17) is 4.74 Å². The summed E-state index contributed by atoms with van der Waals surface area (Å²) in [5.74, 6) is 0.0311. The summed E-state index contributed by atoms with van der Waals surface area (Å²) in [6, 6.07) is 0.330. The maximum atomic E-state index is 11.9. The number of amides is 1. The Kier molecular flexibility index (Phi) is 7.16. The van der Waals surface area contributed by atoms with Crippen molar-refractivity contribution in [2.24, 2.45) is 0 Å². The molecule has 1 unspecified atom stereocenters. The van der Waals surface area contributed by atoms with Crippen molar-refractivity contribution in [1.29, 1.82) is 0 Å². The molecule has 0 saturated heterocycles. The first-order valence-electron chi connectivity index (χ1n) is 6.71. The number of rotatable bonds is 6. The van der Waals surface area contributed by atoms with Gasteiger partial charge in [-0.05, 0) is 26.7 Å². The molecule has 104 valence electrons. The number of carbonyl (C=O) groups excluding carboxylic acids is 2.